The number of hydrogen-bond donors (Lipinski definition) is 0. The number of hydrogen-bond acceptors (Lipinski definition) is 8. The number of anilines is 1. The van der Waals surface area contributed by atoms with Crippen LogP contribution >= 0.6 is 11.3 Å². The molecule has 5 rings (SSSR count). The predicted octanol–water partition coefficient (Wildman–Crippen LogP) is 3.86. The van der Waals surface area contributed by atoms with E-state index in [1.54, 1.807) is 17.7 Å². The van der Waals surface area contributed by atoms with Crippen molar-refractivity contribution in [3.05, 3.63) is 41.7 Å². The molecule has 0 radical (unpaired) electrons. The molecule has 3 aromatic heterocycles. The fourth-order valence-corrected chi connectivity index (χ4v) is 4.46. The highest BCUT2D eigenvalue weighted by Crippen LogP contribution is 2.40. The fraction of sp³-hybridized carbons (Fsp3) is 0.300. The Morgan fingerprint density at radius 2 is 1.71 bits per heavy atom. The SMILES string of the molecule is Cc1ccc(-c2nnc(-c3sc4ncnc(N5CCOCC5)c4c3C)o2)cc1. The van der Waals surface area contributed by atoms with Gasteiger partial charge in [0, 0.05) is 18.7 Å². The van der Waals surface area contributed by atoms with Crippen LogP contribution in [0.25, 0.3) is 32.4 Å². The molecule has 4 heterocycles. The molecular weight excluding hydrogens is 374 g/mol. The smallest absolute Gasteiger partial charge is 0.258 e. The van der Waals surface area contributed by atoms with Crippen LogP contribution < -0.4 is 4.90 Å². The van der Waals surface area contributed by atoms with E-state index in [1.165, 1.54) is 5.56 Å². The summed E-state index contributed by atoms with van der Waals surface area (Å²) in [7, 11) is 0. The summed E-state index contributed by atoms with van der Waals surface area (Å²) in [5, 5.41) is 9.59. The van der Waals surface area contributed by atoms with Crippen molar-refractivity contribution >= 4 is 27.4 Å². The number of aryl methyl sites for hydroxylation is 2. The predicted molar refractivity (Wildman–Crippen MR) is 109 cm³/mol. The summed E-state index contributed by atoms with van der Waals surface area (Å²) < 4.78 is 11.5. The van der Waals surface area contributed by atoms with Gasteiger partial charge in [0.2, 0.25) is 5.89 Å². The van der Waals surface area contributed by atoms with Crippen LogP contribution in [0.1, 0.15) is 11.1 Å². The summed E-state index contributed by atoms with van der Waals surface area (Å²) in [6, 6.07) is 8.06. The summed E-state index contributed by atoms with van der Waals surface area (Å²) in [6.07, 6.45) is 1.62. The van der Waals surface area contributed by atoms with Crippen molar-refractivity contribution in [2.75, 3.05) is 31.2 Å². The van der Waals surface area contributed by atoms with Crippen molar-refractivity contribution in [3.63, 3.8) is 0 Å². The second kappa shape index (κ2) is 6.96. The highest BCUT2D eigenvalue weighted by molar-refractivity contribution is 7.22. The van der Waals surface area contributed by atoms with Gasteiger partial charge >= 0.3 is 0 Å². The molecular formula is C20H19N5O2S. The fourth-order valence-electron chi connectivity index (χ4n) is 3.40. The molecule has 7 nitrogen and oxygen atoms in total. The second-order valence-corrected chi connectivity index (χ2v) is 7.81. The molecule has 1 aliphatic rings. The van der Waals surface area contributed by atoms with E-state index in [-0.39, 0.29) is 0 Å². The second-order valence-electron chi connectivity index (χ2n) is 6.81. The average molecular weight is 393 g/mol. The maximum Gasteiger partial charge on any atom is 0.258 e. The lowest BCUT2D eigenvalue weighted by atomic mass is 10.1. The van der Waals surface area contributed by atoms with E-state index in [0.717, 1.165) is 45.1 Å². The largest absolute Gasteiger partial charge is 0.415 e. The van der Waals surface area contributed by atoms with Crippen molar-refractivity contribution < 1.29 is 9.15 Å². The van der Waals surface area contributed by atoms with Gasteiger partial charge in [-0.3, -0.25) is 0 Å². The van der Waals surface area contributed by atoms with Crippen LogP contribution in [0.15, 0.2) is 35.0 Å². The number of aromatic nitrogens is 4. The van der Waals surface area contributed by atoms with E-state index in [1.807, 2.05) is 24.3 Å². The van der Waals surface area contributed by atoms with E-state index < -0.39 is 0 Å². The van der Waals surface area contributed by atoms with Crippen LogP contribution in [0.3, 0.4) is 0 Å². The molecule has 0 saturated carbocycles. The molecule has 0 bridgehead atoms. The molecule has 0 atom stereocenters. The average Bonchev–Trinajstić information content (AvgIpc) is 3.34. The third-order valence-corrected chi connectivity index (χ3v) is 6.12. The Balaban J connectivity index is 1.57. The number of ether oxygens (including phenoxy) is 1. The Morgan fingerprint density at radius 1 is 0.964 bits per heavy atom. The number of benzene rings is 1. The normalized spacial score (nSPS) is 14.7. The van der Waals surface area contributed by atoms with Crippen LogP contribution in [0, 0.1) is 13.8 Å². The van der Waals surface area contributed by atoms with Gasteiger partial charge < -0.3 is 14.1 Å². The Kier molecular flexibility index (Phi) is 4.29. The molecule has 1 fully saturated rings. The third-order valence-electron chi connectivity index (χ3n) is 4.94. The number of thiophene rings is 1. The molecule has 4 aromatic rings. The molecule has 0 amide bonds. The van der Waals surface area contributed by atoms with Gasteiger partial charge in [-0.1, -0.05) is 17.7 Å². The first-order valence-electron chi connectivity index (χ1n) is 9.18. The molecule has 0 unspecified atom stereocenters. The first-order valence-corrected chi connectivity index (χ1v) is 10.00. The molecule has 0 spiro atoms. The zero-order valence-corrected chi connectivity index (χ0v) is 16.5. The lowest BCUT2D eigenvalue weighted by Gasteiger charge is -2.28. The highest BCUT2D eigenvalue weighted by atomic mass is 32.1. The monoisotopic (exact) mass is 393 g/mol. The van der Waals surface area contributed by atoms with Gasteiger partial charge in [-0.05, 0) is 31.5 Å². The molecule has 8 heteroatoms. The number of rotatable bonds is 3. The van der Waals surface area contributed by atoms with Crippen molar-refractivity contribution in [3.8, 4) is 22.2 Å². The Morgan fingerprint density at radius 3 is 2.50 bits per heavy atom. The molecule has 0 aliphatic carbocycles. The molecule has 0 N–H and O–H groups in total. The first kappa shape index (κ1) is 17.3. The maximum atomic E-state index is 6.00. The minimum absolute atomic E-state index is 0.518. The summed E-state index contributed by atoms with van der Waals surface area (Å²) in [5.41, 5.74) is 3.18. The van der Waals surface area contributed by atoms with Gasteiger partial charge in [0.25, 0.3) is 5.89 Å². The zero-order chi connectivity index (χ0) is 19.1. The minimum Gasteiger partial charge on any atom is -0.415 e. The summed E-state index contributed by atoms with van der Waals surface area (Å²) >= 11 is 1.56. The van der Waals surface area contributed by atoms with Crippen LogP contribution in [0.2, 0.25) is 0 Å². The van der Waals surface area contributed by atoms with Crippen molar-refractivity contribution in [2.45, 2.75) is 13.8 Å². The Hall–Kier alpha value is -2.84. The lowest BCUT2D eigenvalue weighted by molar-refractivity contribution is 0.122. The van der Waals surface area contributed by atoms with Gasteiger partial charge in [0.1, 0.15) is 17.0 Å². The van der Waals surface area contributed by atoms with E-state index in [4.69, 9.17) is 9.15 Å². The Bertz CT molecular complexity index is 1130. The van der Waals surface area contributed by atoms with E-state index in [2.05, 4.69) is 38.9 Å². The van der Waals surface area contributed by atoms with Crippen LogP contribution in [0.4, 0.5) is 5.82 Å². The molecule has 142 valence electrons. The molecule has 1 aliphatic heterocycles. The van der Waals surface area contributed by atoms with E-state index in [0.29, 0.717) is 25.0 Å². The van der Waals surface area contributed by atoms with Gasteiger partial charge in [-0.25, -0.2) is 9.97 Å². The third kappa shape index (κ3) is 2.94. The van der Waals surface area contributed by atoms with Crippen molar-refractivity contribution in [1.82, 2.24) is 20.2 Å². The summed E-state index contributed by atoms with van der Waals surface area (Å²) in [5.74, 6) is 1.99. The zero-order valence-electron chi connectivity index (χ0n) is 15.7. The quantitative estimate of drug-likeness (QED) is 0.523. The van der Waals surface area contributed by atoms with Gasteiger partial charge in [-0.2, -0.15) is 0 Å². The number of nitrogens with zero attached hydrogens (tertiary/aromatic N) is 5. The summed E-state index contributed by atoms with van der Waals surface area (Å²) in [4.78, 5) is 13.2. The minimum atomic E-state index is 0.518. The van der Waals surface area contributed by atoms with Gasteiger partial charge in [-0.15, -0.1) is 21.5 Å². The van der Waals surface area contributed by atoms with Crippen LogP contribution in [0.5, 0.6) is 0 Å². The summed E-state index contributed by atoms with van der Waals surface area (Å²) in [6.45, 7) is 7.20. The van der Waals surface area contributed by atoms with Crippen molar-refractivity contribution in [1.29, 1.82) is 0 Å². The van der Waals surface area contributed by atoms with Crippen LogP contribution in [-0.4, -0.2) is 46.5 Å². The number of morpholine rings is 1. The van der Waals surface area contributed by atoms with Crippen molar-refractivity contribution in [2.24, 2.45) is 0 Å². The molecule has 1 saturated heterocycles. The lowest BCUT2D eigenvalue weighted by Crippen LogP contribution is -2.36. The van der Waals surface area contributed by atoms with E-state index >= 15 is 0 Å². The van der Waals surface area contributed by atoms with E-state index in [9.17, 15) is 0 Å². The highest BCUT2D eigenvalue weighted by Gasteiger charge is 2.23. The van der Waals surface area contributed by atoms with Crippen LogP contribution in [-0.2, 0) is 4.74 Å². The van der Waals surface area contributed by atoms with Gasteiger partial charge in [0.15, 0.2) is 0 Å². The van der Waals surface area contributed by atoms with Gasteiger partial charge in [0.05, 0.1) is 23.5 Å². The standard InChI is InChI=1S/C20H19N5O2S/c1-12-3-5-14(6-4-12)18-23-24-19(27-18)16-13(2)15-17(21-11-22-20(15)28-16)25-7-9-26-10-8-25/h3-6,11H,7-10H2,1-2H3. The molecule has 28 heavy (non-hydrogen) atoms. The topological polar surface area (TPSA) is 77.2 Å². The molecule has 1 aromatic carbocycles. The maximum absolute atomic E-state index is 6.00. The Labute approximate surface area is 166 Å². The number of fused-ring (bicyclic) bond motifs is 1. The first-order chi connectivity index (χ1) is 13.7.